The summed E-state index contributed by atoms with van der Waals surface area (Å²) < 4.78 is 10.4. The molecule has 0 aromatic heterocycles. The van der Waals surface area contributed by atoms with E-state index < -0.39 is 0 Å². The third kappa shape index (κ3) is 4.49. The van der Waals surface area contributed by atoms with Gasteiger partial charge in [-0.05, 0) is 24.0 Å². The standard InChI is InChI=1S/C13H19NO3S/c1-16-11-5-4-10(8-12(11)17-2)9-14-13(15)6-7-18-3/h4-5,8H,6-7,9H2,1-3H3,(H,14,15). The highest BCUT2D eigenvalue weighted by Gasteiger charge is 2.05. The Morgan fingerprint density at radius 1 is 1.28 bits per heavy atom. The molecule has 0 radical (unpaired) electrons. The molecule has 5 heteroatoms. The number of benzene rings is 1. The Hall–Kier alpha value is -1.36. The molecule has 0 aliphatic rings. The van der Waals surface area contributed by atoms with Crippen molar-refractivity contribution in [2.75, 3.05) is 26.2 Å². The third-order valence-corrected chi connectivity index (χ3v) is 3.08. The predicted octanol–water partition coefficient (Wildman–Crippen LogP) is 2.07. The van der Waals surface area contributed by atoms with Crippen LogP contribution in [0.2, 0.25) is 0 Å². The molecule has 0 bridgehead atoms. The van der Waals surface area contributed by atoms with Gasteiger partial charge in [0.05, 0.1) is 14.2 Å². The van der Waals surface area contributed by atoms with Gasteiger partial charge in [0.2, 0.25) is 5.91 Å². The van der Waals surface area contributed by atoms with Crippen LogP contribution in [0.25, 0.3) is 0 Å². The molecule has 0 unspecified atom stereocenters. The minimum Gasteiger partial charge on any atom is -0.493 e. The number of hydrogen-bond donors (Lipinski definition) is 1. The van der Waals surface area contributed by atoms with Crippen LogP contribution < -0.4 is 14.8 Å². The molecule has 1 aromatic carbocycles. The number of thioether (sulfide) groups is 1. The molecule has 0 atom stereocenters. The van der Waals surface area contributed by atoms with Gasteiger partial charge >= 0.3 is 0 Å². The van der Waals surface area contributed by atoms with Gasteiger partial charge in [-0.25, -0.2) is 0 Å². The molecule has 100 valence electrons. The van der Waals surface area contributed by atoms with Gasteiger partial charge < -0.3 is 14.8 Å². The van der Waals surface area contributed by atoms with Gasteiger partial charge in [0, 0.05) is 18.7 Å². The maximum Gasteiger partial charge on any atom is 0.221 e. The van der Waals surface area contributed by atoms with Gasteiger partial charge in [0.15, 0.2) is 11.5 Å². The largest absolute Gasteiger partial charge is 0.493 e. The average molecular weight is 269 g/mol. The smallest absolute Gasteiger partial charge is 0.221 e. The molecule has 0 spiro atoms. The van der Waals surface area contributed by atoms with Crippen LogP contribution in [0, 0.1) is 0 Å². The average Bonchev–Trinajstić information content (AvgIpc) is 2.42. The van der Waals surface area contributed by atoms with Gasteiger partial charge in [-0.2, -0.15) is 11.8 Å². The minimum absolute atomic E-state index is 0.0686. The lowest BCUT2D eigenvalue weighted by Crippen LogP contribution is -2.22. The Morgan fingerprint density at radius 3 is 2.61 bits per heavy atom. The predicted molar refractivity (Wildman–Crippen MR) is 74.4 cm³/mol. The van der Waals surface area contributed by atoms with E-state index >= 15 is 0 Å². The molecule has 1 rings (SSSR count). The third-order valence-electron chi connectivity index (χ3n) is 2.47. The summed E-state index contributed by atoms with van der Waals surface area (Å²) in [4.78, 5) is 11.5. The van der Waals surface area contributed by atoms with Crippen molar-refractivity contribution in [3.8, 4) is 11.5 Å². The van der Waals surface area contributed by atoms with E-state index in [0.717, 1.165) is 11.3 Å². The Kier molecular flexibility index (Phi) is 6.43. The zero-order valence-corrected chi connectivity index (χ0v) is 11.8. The lowest BCUT2D eigenvalue weighted by Gasteiger charge is -2.10. The molecular weight excluding hydrogens is 250 g/mol. The van der Waals surface area contributed by atoms with Crippen LogP contribution in [0.1, 0.15) is 12.0 Å². The Labute approximate surface area is 112 Å². The summed E-state index contributed by atoms with van der Waals surface area (Å²) in [7, 11) is 3.19. The molecule has 0 heterocycles. The van der Waals surface area contributed by atoms with Crippen LogP contribution in [0.4, 0.5) is 0 Å². The highest BCUT2D eigenvalue weighted by Crippen LogP contribution is 2.27. The monoisotopic (exact) mass is 269 g/mol. The number of hydrogen-bond acceptors (Lipinski definition) is 4. The first kappa shape index (κ1) is 14.7. The van der Waals surface area contributed by atoms with Crippen LogP contribution >= 0.6 is 11.8 Å². The minimum atomic E-state index is 0.0686. The van der Waals surface area contributed by atoms with Gasteiger partial charge in [0.1, 0.15) is 0 Å². The molecule has 0 aliphatic carbocycles. The van der Waals surface area contributed by atoms with Crippen molar-refractivity contribution in [2.45, 2.75) is 13.0 Å². The maximum atomic E-state index is 11.5. The van der Waals surface area contributed by atoms with E-state index in [2.05, 4.69) is 5.32 Å². The van der Waals surface area contributed by atoms with E-state index in [1.54, 1.807) is 26.0 Å². The highest BCUT2D eigenvalue weighted by molar-refractivity contribution is 7.98. The molecule has 0 aliphatic heterocycles. The fourth-order valence-corrected chi connectivity index (χ4v) is 1.86. The normalized spacial score (nSPS) is 9.94. The zero-order valence-electron chi connectivity index (χ0n) is 11.0. The summed E-state index contributed by atoms with van der Waals surface area (Å²) in [5.74, 6) is 2.28. The van der Waals surface area contributed by atoms with Crippen molar-refractivity contribution in [3.63, 3.8) is 0 Å². The number of rotatable bonds is 7. The summed E-state index contributed by atoms with van der Waals surface area (Å²) in [6.07, 6.45) is 2.54. The van der Waals surface area contributed by atoms with E-state index in [0.29, 0.717) is 24.5 Å². The first-order chi connectivity index (χ1) is 8.71. The second-order valence-corrected chi connectivity index (χ2v) is 4.69. The fraction of sp³-hybridized carbons (Fsp3) is 0.462. The molecule has 1 aromatic rings. The number of nitrogens with one attached hydrogen (secondary N) is 1. The second kappa shape index (κ2) is 7.87. The first-order valence-electron chi connectivity index (χ1n) is 5.67. The van der Waals surface area contributed by atoms with E-state index in [-0.39, 0.29) is 5.91 Å². The molecule has 18 heavy (non-hydrogen) atoms. The van der Waals surface area contributed by atoms with E-state index in [1.807, 2.05) is 24.5 Å². The molecule has 0 fully saturated rings. The number of methoxy groups -OCH3 is 2. The quantitative estimate of drug-likeness (QED) is 0.823. The van der Waals surface area contributed by atoms with Crippen molar-refractivity contribution in [2.24, 2.45) is 0 Å². The van der Waals surface area contributed by atoms with Crippen molar-refractivity contribution in [3.05, 3.63) is 23.8 Å². The van der Waals surface area contributed by atoms with Gasteiger partial charge in [-0.15, -0.1) is 0 Å². The lowest BCUT2D eigenvalue weighted by molar-refractivity contribution is -0.120. The summed E-state index contributed by atoms with van der Waals surface area (Å²) >= 11 is 1.67. The molecule has 0 saturated heterocycles. The van der Waals surface area contributed by atoms with Crippen LogP contribution in [-0.2, 0) is 11.3 Å². The highest BCUT2D eigenvalue weighted by atomic mass is 32.2. The number of ether oxygens (including phenoxy) is 2. The Morgan fingerprint density at radius 2 is 2.00 bits per heavy atom. The van der Waals surface area contributed by atoms with Gasteiger partial charge in [-0.3, -0.25) is 4.79 Å². The maximum absolute atomic E-state index is 11.5. The summed E-state index contributed by atoms with van der Waals surface area (Å²) in [6.45, 7) is 0.508. The summed E-state index contributed by atoms with van der Waals surface area (Å²) in [5, 5.41) is 2.87. The first-order valence-corrected chi connectivity index (χ1v) is 7.07. The van der Waals surface area contributed by atoms with E-state index in [9.17, 15) is 4.79 Å². The van der Waals surface area contributed by atoms with Crippen LogP contribution in [0.3, 0.4) is 0 Å². The molecule has 1 amide bonds. The molecular formula is C13H19NO3S. The topological polar surface area (TPSA) is 47.6 Å². The number of carbonyl (C=O) groups is 1. The molecule has 0 saturated carbocycles. The lowest BCUT2D eigenvalue weighted by atomic mass is 10.2. The molecule has 1 N–H and O–H groups in total. The van der Waals surface area contributed by atoms with Crippen LogP contribution in [0.15, 0.2) is 18.2 Å². The SMILES string of the molecule is COc1ccc(CNC(=O)CCSC)cc1OC. The van der Waals surface area contributed by atoms with Gasteiger partial charge in [-0.1, -0.05) is 6.07 Å². The van der Waals surface area contributed by atoms with Crippen molar-refractivity contribution >= 4 is 17.7 Å². The van der Waals surface area contributed by atoms with E-state index in [1.165, 1.54) is 0 Å². The Bertz CT molecular complexity index is 396. The summed E-state index contributed by atoms with van der Waals surface area (Å²) in [6, 6.07) is 5.62. The van der Waals surface area contributed by atoms with Crippen LogP contribution in [0.5, 0.6) is 11.5 Å². The Balaban J connectivity index is 2.55. The van der Waals surface area contributed by atoms with E-state index in [4.69, 9.17) is 9.47 Å². The van der Waals surface area contributed by atoms with Crippen molar-refractivity contribution in [1.29, 1.82) is 0 Å². The van der Waals surface area contributed by atoms with Crippen molar-refractivity contribution in [1.82, 2.24) is 5.32 Å². The van der Waals surface area contributed by atoms with Gasteiger partial charge in [0.25, 0.3) is 0 Å². The number of amides is 1. The molecule has 4 nitrogen and oxygen atoms in total. The number of carbonyl (C=O) groups excluding carboxylic acids is 1. The zero-order chi connectivity index (χ0) is 13.4. The van der Waals surface area contributed by atoms with Crippen LogP contribution in [-0.4, -0.2) is 32.1 Å². The fourth-order valence-electron chi connectivity index (χ4n) is 1.47. The van der Waals surface area contributed by atoms with Crippen molar-refractivity contribution < 1.29 is 14.3 Å². The second-order valence-electron chi connectivity index (χ2n) is 3.71. The summed E-state index contributed by atoms with van der Waals surface area (Å²) in [5.41, 5.74) is 0.991.